The van der Waals surface area contributed by atoms with Crippen LogP contribution >= 0.6 is 0 Å². The predicted octanol–water partition coefficient (Wildman–Crippen LogP) is 3.95. The highest BCUT2D eigenvalue weighted by atomic mass is 19.1. The Morgan fingerprint density at radius 1 is 1.03 bits per heavy atom. The minimum Gasteiger partial charge on any atom is -0.493 e. The molecule has 0 amide bonds. The van der Waals surface area contributed by atoms with Crippen LogP contribution in [0.1, 0.15) is 30.7 Å². The molecule has 3 aromatic rings. The molecule has 5 rings (SSSR count). The summed E-state index contributed by atoms with van der Waals surface area (Å²) in [4.78, 5) is 18.6. The average Bonchev–Trinajstić information content (AvgIpc) is 3.27. The Morgan fingerprint density at radius 3 is 2.53 bits per heavy atom. The summed E-state index contributed by atoms with van der Waals surface area (Å²) < 4.78 is 29.1. The average molecular weight is 440 g/mol. The first kappa shape index (κ1) is 20.8. The van der Waals surface area contributed by atoms with Crippen molar-refractivity contribution in [2.75, 3.05) is 24.5 Å². The number of fused-ring (bicyclic) bond motifs is 3. The fourth-order valence-corrected chi connectivity index (χ4v) is 5.18. The van der Waals surface area contributed by atoms with E-state index in [9.17, 15) is 18.7 Å². The van der Waals surface area contributed by atoms with Gasteiger partial charge in [0.05, 0.1) is 6.20 Å². The number of hydrogen-bond donors (Lipinski definition) is 2. The lowest BCUT2D eigenvalue weighted by atomic mass is 9.89. The van der Waals surface area contributed by atoms with E-state index >= 15 is 0 Å². The molecule has 2 N–H and O–H groups in total. The Morgan fingerprint density at radius 2 is 1.78 bits per heavy atom. The number of aromatic amines is 1. The molecule has 3 heterocycles. The van der Waals surface area contributed by atoms with Crippen molar-refractivity contribution >= 4 is 11.4 Å². The quantitative estimate of drug-likeness (QED) is 0.570. The van der Waals surface area contributed by atoms with Gasteiger partial charge in [0, 0.05) is 43.0 Å². The number of benzene rings is 2. The van der Waals surface area contributed by atoms with Gasteiger partial charge in [-0.25, -0.2) is 13.6 Å². The topological polar surface area (TPSA) is 64.5 Å². The summed E-state index contributed by atoms with van der Waals surface area (Å²) in [6, 6.07) is 11.7. The van der Waals surface area contributed by atoms with E-state index in [4.69, 9.17) is 0 Å². The van der Waals surface area contributed by atoms with Gasteiger partial charge >= 0.3 is 5.69 Å². The zero-order valence-corrected chi connectivity index (χ0v) is 17.7. The molecule has 2 aromatic carbocycles. The van der Waals surface area contributed by atoms with Crippen molar-refractivity contribution in [3.63, 3.8) is 0 Å². The Kier molecular flexibility index (Phi) is 5.46. The van der Waals surface area contributed by atoms with Gasteiger partial charge in [-0.15, -0.1) is 0 Å². The summed E-state index contributed by atoms with van der Waals surface area (Å²) in [7, 11) is 0. The number of aromatic nitrogens is 2. The number of unbranched alkanes of at least 4 members (excludes halogenated alkanes) is 1. The molecular weight excluding hydrogens is 414 g/mol. The van der Waals surface area contributed by atoms with E-state index in [1.54, 1.807) is 18.2 Å². The lowest BCUT2D eigenvalue weighted by Crippen LogP contribution is -2.45. The Bertz CT molecular complexity index is 1160. The van der Waals surface area contributed by atoms with Crippen molar-refractivity contribution in [1.29, 1.82) is 0 Å². The maximum Gasteiger partial charge on any atom is 0.328 e. The van der Waals surface area contributed by atoms with Gasteiger partial charge in [-0.2, -0.15) is 0 Å². The van der Waals surface area contributed by atoms with Crippen LogP contribution in [0.15, 0.2) is 53.5 Å². The first-order chi connectivity index (χ1) is 15.5. The second-order valence-electron chi connectivity index (χ2n) is 8.66. The highest BCUT2D eigenvalue weighted by Crippen LogP contribution is 2.48. The number of rotatable bonds is 6. The SMILES string of the molecule is O=c1[nH]c(O)cn1CCCCN1CC[C@@H]2[C@@H](C1)c1cc(F)ccc1N2c1ccc(F)cc1. The zero-order chi connectivity index (χ0) is 22.2. The number of anilines is 2. The number of imidazole rings is 1. The molecule has 0 saturated carbocycles. The third-order valence-corrected chi connectivity index (χ3v) is 6.64. The van der Waals surface area contributed by atoms with Crippen LogP contribution in [-0.2, 0) is 6.54 Å². The van der Waals surface area contributed by atoms with Crippen LogP contribution < -0.4 is 10.6 Å². The normalized spacial score (nSPS) is 20.4. The van der Waals surface area contributed by atoms with Crippen LogP contribution in [0.4, 0.5) is 20.2 Å². The van der Waals surface area contributed by atoms with E-state index in [-0.39, 0.29) is 35.2 Å². The molecule has 1 aromatic heterocycles. The molecule has 0 bridgehead atoms. The number of halogens is 2. The highest BCUT2D eigenvalue weighted by molar-refractivity contribution is 5.73. The van der Waals surface area contributed by atoms with Crippen molar-refractivity contribution in [3.05, 3.63) is 76.3 Å². The predicted molar refractivity (Wildman–Crippen MR) is 118 cm³/mol. The van der Waals surface area contributed by atoms with Gasteiger partial charge in [0.15, 0.2) is 0 Å². The molecule has 1 fully saturated rings. The van der Waals surface area contributed by atoms with Crippen molar-refractivity contribution < 1.29 is 13.9 Å². The molecular formula is C24H26F2N4O2. The van der Waals surface area contributed by atoms with Gasteiger partial charge in [0.2, 0.25) is 5.88 Å². The van der Waals surface area contributed by atoms with Gasteiger partial charge in [-0.1, -0.05) is 0 Å². The van der Waals surface area contributed by atoms with Crippen LogP contribution in [0.3, 0.4) is 0 Å². The van der Waals surface area contributed by atoms with E-state index in [2.05, 4.69) is 14.8 Å². The second kappa shape index (κ2) is 8.43. The van der Waals surface area contributed by atoms with Crippen molar-refractivity contribution in [1.82, 2.24) is 14.5 Å². The highest BCUT2D eigenvalue weighted by Gasteiger charge is 2.42. The number of hydrogen-bond acceptors (Lipinski definition) is 4. The van der Waals surface area contributed by atoms with Crippen LogP contribution in [0.2, 0.25) is 0 Å². The fraction of sp³-hybridized carbons (Fsp3) is 0.375. The first-order valence-corrected chi connectivity index (χ1v) is 11.0. The van der Waals surface area contributed by atoms with Crippen LogP contribution in [0.5, 0.6) is 5.88 Å². The minimum atomic E-state index is -0.297. The van der Waals surface area contributed by atoms with Crippen molar-refractivity contribution in [2.24, 2.45) is 0 Å². The van der Waals surface area contributed by atoms with Crippen LogP contribution in [0.25, 0.3) is 0 Å². The van der Waals surface area contributed by atoms with Gasteiger partial charge in [-0.3, -0.25) is 9.55 Å². The molecule has 0 unspecified atom stereocenters. The molecule has 1 saturated heterocycles. The van der Waals surface area contributed by atoms with E-state index in [0.29, 0.717) is 6.54 Å². The maximum atomic E-state index is 14.1. The third-order valence-electron chi connectivity index (χ3n) is 6.64. The number of H-pyrrole nitrogens is 1. The van der Waals surface area contributed by atoms with Crippen molar-refractivity contribution in [3.8, 4) is 5.88 Å². The van der Waals surface area contributed by atoms with Gasteiger partial charge in [0.25, 0.3) is 0 Å². The standard InChI is InChI=1S/C24H26F2N4O2/c25-16-3-6-18(7-4-16)30-21-8-5-17(26)13-19(21)20-14-28(12-9-22(20)30)10-1-2-11-29-15-23(31)27-24(29)32/h3-8,13,15,20,22,31H,1-2,9-12,14H2,(H,27,32)/t20-,22+/m0/s1. The summed E-state index contributed by atoms with van der Waals surface area (Å²) in [5, 5.41) is 9.36. The molecule has 6 nitrogen and oxygen atoms in total. The molecule has 0 spiro atoms. The lowest BCUT2D eigenvalue weighted by Gasteiger charge is -2.39. The van der Waals surface area contributed by atoms with E-state index in [1.807, 2.05) is 6.07 Å². The number of likely N-dealkylation sites (tertiary alicyclic amines) is 1. The van der Waals surface area contributed by atoms with E-state index in [0.717, 1.165) is 55.8 Å². The van der Waals surface area contributed by atoms with Crippen LogP contribution in [-0.4, -0.2) is 45.2 Å². The maximum absolute atomic E-state index is 14.1. The minimum absolute atomic E-state index is 0.116. The molecule has 168 valence electrons. The largest absolute Gasteiger partial charge is 0.493 e. The summed E-state index contributed by atoms with van der Waals surface area (Å²) in [5.41, 5.74) is 2.65. The summed E-state index contributed by atoms with van der Waals surface area (Å²) in [5.74, 6) is -0.435. The number of aryl methyl sites for hydroxylation is 1. The monoisotopic (exact) mass is 440 g/mol. The summed E-state index contributed by atoms with van der Waals surface area (Å²) in [6.45, 7) is 3.22. The number of aromatic hydroxyl groups is 1. The summed E-state index contributed by atoms with van der Waals surface area (Å²) in [6.07, 6.45) is 4.10. The zero-order valence-electron chi connectivity index (χ0n) is 17.7. The number of nitrogens with zero attached hydrogens (tertiary/aromatic N) is 3. The Labute approximate surface area is 184 Å². The number of piperidine rings is 1. The third kappa shape index (κ3) is 3.90. The molecule has 32 heavy (non-hydrogen) atoms. The molecule has 2 aliphatic heterocycles. The molecule has 0 radical (unpaired) electrons. The Hall–Kier alpha value is -3.13. The first-order valence-electron chi connectivity index (χ1n) is 11.0. The van der Waals surface area contributed by atoms with Crippen LogP contribution in [0, 0.1) is 11.6 Å². The number of nitrogens with one attached hydrogen (secondary N) is 1. The van der Waals surface area contributed by atoms with Gasteiger partial charge in [0.1, 0.15) is 11.6 Å². The molecule has 2 aliphatic rings. The lowest BCUT2D eigenvalue weighted by molar-refractivity contribution is 0.192. The second-order valence-corrected chi connectivity index (χ2v) is 8.66. The van der Waals surface area contributed by atoms with E-state index < -0.39 is 0 Å². The molecule has 0 aliphatic carbocycles. The Balaban J connectivity index is 1.27. The van der Waals surface area contributed by atoms with Crippen molar-refractivity contribution in [2.45, 2.75) is 37.8 Å². The molecule has 8 heteroatoms. The van der Waals surface area contributed by atoms with Gasteiger partial charge in [-0.05, 0) is 73.8 Å². The summed E-state index contributed by atoms with van der Waals surface area (Å²) >= 11 is 0. The molecule has 2 atom stereocenters. The van der Waals surface area contributed by atoms with E-state index in [1.165, 1.54) is 29.0 Å². The smallest absolute Gasteiger partial charge is 0.328 e. The van der Waals surface area contributed by atoms with Gasteiger partial charge < -0.3 is 14.9 Å². The fourth-order valence-electron chi connectivity index (χ4n) is 5.18.